The molecule has 1 aromatic heterocycles. The average molecular weight is 808 g/mol. The Labute approximate surface area is 338 Å². The number of halogens is 1. The molecule has 2 heterocycles. The van der Waals surface area contributed by atoms with Gasteiger partial charge in [0.25, 0.3) is 11.6 Å². The largest absolute Gasteiger partial charge is 1.00 e. The first-order chi connectivity index (χ1) is 26.2. The normalized spacial score (nSPS) is 53.9. The van der Waals surface area contributed by atoms with Crippen LogP contribution in [0.2, 0.25) is 0 Å². The average Bonchev–Trinajstić information content (AvgIpc) is 3.72. The first kappa shape index (κ1) is 33.2. The predicted molar refractivity (Wildman–Crippen MR) is 203 cm³/mol. The summed E-state index contributed by atoms with van der Waals surface area (Å²) in [7, 11) is 0. The molecule has 0 unspecified atom stereocenters. The molecule has 0 aromatic carbocycles. The maximum atomic E-state index is 16.4. The van der Waals surface area contributed by atoms with E-state index in [-0.39, 0.29) is 50.7 Å². The fraction of sp³-hybridized carbons (Fsp3) is 0.854. The highest BCUT2D eigenvalue weighted by molar-refractivity contribution is 6.25. The van der Waals surface area contributed by atoms with Crippen molar-refractivity contribution in [2.45, 2.75) is 176 Å². The Kier molecular flexibility index (Phi) is 6.38. The van der Waals surface area contributed by atoms with Gasteiger partial charge < -0.3 is 26.8 Å². The number of carbonyl (C=O) groups is 2. The molecule has 1 aliphatic heterocycles. The number of aromatic nitrogens is 2. The van der Waals surface area contributed by atoms with Gasteiger partial charge in [-0.15, -0.1) is 0 Å². The van der Waals surface area contributed by atoms with Crippen molar-refractivity contribution in [1.29, 1.82) is 0 Å². The van der Waals surface area contributed by atoms with Crippen LogP contribution in [0.4, 0.5) is 0 Å². The van der Waals surface area contributed by atoms with Crippen LogP contribution in [0.3, 0.4) is 0 Å². The minimum atomic E-state index is 0. The molecule has 7 heteroatoms. The van der Waals surface area contributed by atoms with Crippen molar-refractivity contribution >= 4 is 11.6 Å². The second kappa shape index (κ2) is 10.6. The SMILES string of the molecule is O=C1C2=C(C(=O)c3c1n(C14CC5CC(CC(C5)C1)C4)c[n+]3C13CC4CC(CC(C4)C1)C3)N(C13CC4CC(CC(C4)C1)C3)CN2C12CC3CC(CC(C3)C1)C2.[Br-]. The van der Waals surface area contributed by atoms with E-state index in [4.69, 9.17) is 0 Å². The van der Waals surface area contributed by atoms with Crippen LogP contribution in [0, 0.1) is 71.0 Å². The molecule has 1 aromatic rings. The molecule has 16 bridgehead atoms. The molecule has 0 spiro atoms. The molecule has 0 saturated heterocycles. The molecule has 18 aliphatic rings. The molecular weight excluding hydrogens is 744 g/mol. The molecule has 16 saturated carbocycles. The Hall–Kier alpha value is -1.63. The van der Waals surface area contributed by atoms with Gasteiger partial charge in [0, 0.05) is 11.1 Å². The second-order valence-corrected chi connectivity index (χ2v) is 24.5. The lowest BCUT2D eigenvalue weighted by atomic mass is 9.52. The summed E-state index contributed by atoms with van der Waals surface area (Å²) in [4.78, 5) is 38.2. The van der Waals surface area contributed by atoms with E-state index in [1.807, 2.05) is 0 Å². The van der Waals surface area contributed by atoms with Gasteiger partial charge in [-0.05, 0) is 225 Å². The van der Waals surface area contributed by atoms with Gasteiger partial charge in [-0.2, -0.15) is 0 Å². The number of imidazole rings is 1. The second-order valence-electron chi connectivity index (χ2n) is 24.5. The third-order valence-electron chi connectivity index (χ3n) is 21.0. The van der Waals surface area contributed by atoms with Crippen molar-refractivity contribution in [1.82, 2.24) is 14.4 Å². The minimum absolute atomic E-state index is 0. The summed E-state index contributed by atoms with van der Waals surface area (Å²) in [6.07, 6.45) is 34.3. The van der Waals surface area contributed by atoms with E-state index in [1.54, 1.807) is 0 Å². The smallest absolute Gasteiger partial charge is 0.255 e. The van der Waals surface area contributed by atoms with Crippen LogP contribution in [-0.2, 0) is 11.1 Å². The zero-order valence-electron chi connectivity index (χ0n) is 33.2. The summed E-state index contributed by atoms with van der Waals surface area (Å²) in [5.41, 5.74) is 3.73. The highest BCUT2D eigenvalue weighted by atomic mass is 79.9. The number of allylic oxidation sites excluding steroid dienone is 2. The van der Waals surface area contributed by atoms with Crippen LogP contribution in [0.25, 0.3) is 0 Å². The summed E-state index contributed by atoms with van der Waals surface area (Å²) in [5, 5.41) is 0. The van der Waals surface area contributed by atoms with E-state index in [0.717, 1.165) is 100 Å². The van der Waals surface area contributed by atoms with Crippen molar-refractivity contribution in [3.63, 3.8) is 0 Å². The third kappa shape index (κ3) is 4.18. The highest BCUT2D eigenvalue weighted by Crippen LogP contribution is 2.65. The summed E-state index contributed by atoms with van der Waals surface area (Å²) < 4.78 is 5.25. The van der Waals surface area contributed by atoms with Crippen LogP contribution < -0.4 is 21.5 Å². The van der Waals surface area contributed by atoms with Crippen LogP contribution in [0.15, 0.2) is 17.7 Å². The molecule has 294 valence electrons. The number of ketones is 2. The van der Waals surface area contributed by atoms with E-state index in [2.05, 4.69) is 25.3 Å². The zero-order valence-corrected chi connectivity index (χ0v) is 34.8. The van der Waals surface area contributed by atoms with Gasteiger partial charge in [0.1, 0.15) is 22.5 Å². The van der Waals surface area contributed by atoms with Crippen molar-refractivity contribution in [3.8, 4) is 0 Å². The summed E-state index contributed by atoms with van der Waals surface area (Å²) >= 11 is 0. The standard InChI is InChI=1S/C48H63N4O2.BrH/c53-43-39-40(50(46-16-30-4-31(17-46)6-32(5-30)18-46)25-49(39)45-13-27-1-28(14-45)3-29(2-27)15-45)44(54)42-41(43)51(47-19-33-7-34(20-47)9-35(8-33)21-47)26-52(42)48-22-36-10-37(23-48)12-38(11-36)24-48;/h25,27-38H,1-24,26H2;1H/q+1;/p-1. The quantitative estimate of drug-likeness (QED) is 0.365. The van der Waals surface area contributed by atoms with Crippen molar-refractivity contribution in [2.75, 3.05) is 6.67 Å². The van der Waals surface area contributed by atoms with E-state index in [9.17, 15) is 0 Å². The fourth-order valence-electron chi connectivity index (χ4n) is 21.1. The first-order valence-corrected chi connectivity index (χ1v) is 23.8. The van der Waals surface area contributed by atoms with Crippen LogP contribution in [0.5, 0.6) is 0 Å². The molecule has 6 nitrogen and oxygen atoms in total. The number of rotatable bonds is 4. The van der Waals surface area contributed by atoms with Gasteiger partial charge in [0.15, 0.2) is 0 Å². The minimum Gasteiger partial charge on any atom is -1.00 e. The number of nitrogens with zero attached hydrogens (tertiary/aromatic N) is 4. The van der Waals surface area contributed by atoms with Crippen LogP contribution in [-0.4, -0.2) is 43.7 Å². The molecule has 0 N–H and O–H groups in total. The van der Waals surface area contributed by atoms with Crippen molar-refractivity contribution in [3.05, 3.63) is 29.1 Å². The number of hydrogen-bond acceptors (Lipinski definition) is 4. The lowest BCUT2D eigenvalue weighted by molar-refractivity contribution is -0.777. The number of fused-ring (bicyclic) bond motifs is 1. The number of hydrogen-bond donors (Lipinski definition) is 0. The Morgan fingerprint density at radius 1 is 0.436 bits per heavy atom. The Bertz CT molecular complexity index is 1700. The number of carbonyl (C=O) groups excluding carboxylic acids is 2. The monoisotopic (exact) mass is 806 g/mol. The summed E-state index contributed by atoms with van der Waals surface area (Å²) in [6, 6.07) is 0. The molecule has 19 rings (SSSR count). The van der Waals surface area contributed by atoms with Gasteiger partial charge in [-0.3, -0.25) is 9.59 Å². The molecule has 55 heavy (non-hydrogen) atoms. The lowest BCUT2D eigenvalue weighted by Crippen LogP contribution is -3.00. The number of Topliss-reactive ketones (excluding diaryl/α,β-unsaturated/α-hetero) is 2. The molecule has 17 aliphatic carbocycles. The van der Waals surface area contributed by atoms with Crippen molar-refractivity contribution in [2.24, 2.45) is 71.0 Å². The van der Waals surface area contributed by atoms with Gasteiger partial charge in [0.05, 0.1) is 6.67 Å². The molecule has 0 atom stereocenters. The molecule has 0 radical (unpaired) electrons. The fourth-order valence-corrected chi connectivity index (χ4v) is 21.1. The molecular formula is C48H63BrN4O2. The summed E-state index contributed by atoms with van der Waals surface area (Å²) in [6.45, 7) is 0.819. The topological polar surface area (TPSA) is 49.4 Å². The van der Waals surface area contributed by atoms with Gasteiger partial charge in [-0.1, -0.05) is 0 Å². The predicted octanol–water partition coefficient (Wildman–Crippen LogP) is 5.73. The van der Waals surface area contributed by atoms with Crippen molar-refractivity contribution < 1.29 is 31.1 Å². The van der Waals surface area contributed by atoms with Crippen LogP contribution in [0.1, 0.15) is 175 Å². The lowest BCUT2D eigenvalue weighted by Gasteiger charge is -2.62. The van der Waals surface area contributed by atoms with E-state index in [1.165, 1.54) is 154 Å². The Morgan fingerprint density at radius 2 is 0.745 bits per heavy atom. The highest BCUT2D eigenvalue weighted by Gasteiger charge is 2.67. The Balaban J connectivity index is 0.00000308. The van der Waals surface area contributed by atoms with Crippen LogP contribution >= 0.6 is 0 Å². The molecule has 16 fully saturated rings. The van der Waals surface area contributed by atoms with Gasteiger partial charge in [0.2, 0.25) is 17.7 Å². The van der Waals surface area contributed by atoms with E-state index < -0.39 is 0 Å². The maximum absolute atomic E-state index is 16.4. The van der Waals surface area contributed by atoms with E-state index >= 15 is 9.59 Å². The van der Waals surface area contributed by atoms with Gasteiger partial charge in [-0.25, -0.2) is 9.13 Å². The first-order valence-electron chi connectivity index (χ1n) is 23.8. The van der Waals surface area contributed by atoms with E-state index in [0.29, 0.717) is 0 Å². The molecule has 0 amide bonds. The van der Waals surface area contributed by atoms with Gasteiger partial charge >= 0.3 is 0 Å². The maximum Gasteiger partial charge on any atom is 0.255 e. The third-order valence-corrected chi connectivity index (χ3v) is 21.0. The Morgan fingerprint density at radius 3 is 1.11 bits per heavy atom. The summed E-state index contributed by atoms with van der Waals surface area (Å²) in [5.74, 6) is 10.2. The zero-order chi connectivity index (χ0) is 35.1.